The maximum atomic E-state index is 13.5. The van der Waals surface area contributed by atoms with Crippen molar-refractivity contribution >= 4 is 32.6 Å². The lowest BCUT2D eigenvalue weighted by molar-refractivity contribution is 0.0985. The zero-order valence-electron chi connectivity index (χ0n) is 16.1. The molecule has 0 unspecified atom stereocenters. The minimum absolute atomic E-state index is 0.0641. The molecule has 1 aromatic heterocycles. The Labute approximate surface area is 163 Å². The molecule has 0 spiro atoms. The summed E-state index contributed by atoms with van der Waals surface area (Å²) < 4.78 is 14.3. The number of fused-ring (bicyclic) bond motifs is 1. The van der Waals surface area contributed by atoms with Crippen molar-refractivity contribution in [2.45, 2.75) is 20.3 Å². The normalized spacial score (nSPS) is 11.3. The summed E-state index contributed by atoms with van der Waals surface area (Å²) in [6.07, 6.45) is 0.827. The number of nitrogens with zero attached hydrogens (tertiary/aromatic N) is 3. The van der Waals surface area contributed by atoms with Crippen LogP contribution >= 0.6 is 11.3 Å². The zero-order valence-corrected chi connectivity index (χ0v) is 16.9. The molecule has 0 bridgehead atoms. The van der Waals surface area contributed by atoms with Gasteiger partial charge in [0.15, 0.2) is 5.13 Å². The second-order valence-electron chi connectivity index (χ2n) is 7.04. The first-order valence-corrected chi connectivity index (χ1v) is 9.77. The van der Waals surface area contributed by atoms with E-state index in [0.29, 0.717) is 22.8 Å². The van der Waals surface area contributed by atoms with Crippen LogP contribution in [-0.2, 0) is 0 Å². The quantitative estimate of drug-likeness (QED) is 0.620. The first kappa shape index (κ1) is 19.5. The van der Waals surface area contributed by atoms with Crippen molar-refractivity contribution in [1.82, 2.24) is 9.88 Å². The highest BCUT2D eigenvalue weighted by Gasteiger charge is 2.22. The Hall–Kier alpha value is -2.31. The fraction of sp³-hybridized carbons (Fsp3) is 0.333. The first-order chi connectivity index (χ1) is 12.8. The van der Waals surface area contributed by atoms with Crippen molar-refractivity contribution in [3.63, 3.8) is 0 Å². The Bertz CT molecular complexity index is 967. The number of carbonyl (C=O) groups is 1. The maximum absolute atomic E-state index is 13.5. The van der Waals surface area contributed by atoms with Crippen molar-refractivity contribution in [2.24, 2.45) is 0 Å². The van der Waals surface area contributed by atoms with Crippen LogP contribution in [0.5, 0.6) is 0 Å². The third kappa shape index (κ3) is 4.51. The van der Waals surface area contributed by atoms with E-state index in [4.69, 9.17) is 0 Å². The van der Waals surface area contributed by atoms with Gasteiger partial charge in [0.25, 0.3) is 5.91 Å². The first-order valence-electron chi connectivity index (χ1n) is 8.95. The number of rotatable bonds is 6. The molecule has 0 atom stereocenters. The van der Waals surface area contributed by atoms with E-state index in [1.165, 1.54) is 23.5 Å². The minimum Gasteiger partial charge on any atom is -0.309 e. The molecule has 2 aromatic carbocycles. The van der Waals surface area contributed by atoms with E-state index in [1.807, 2.05) is 46.1 Å². The lowest BCUT2D eigenvalue weighted by Crippen LogP contribution is -2.33. The van der Waals surface area contributed by atoms with E-state index in [2.05, 4.69) is 9.88 Å². The Morgan fingerprint density at radius 2 is 1.89 bits per heavy atom. The highest BCUT2D eigenvalue weighted by atomic mass is 32.1. The number of hydrogen-bond acceptors (Lipinski definition) is 4. The van der Waals surface area contributed by atoms with E-state index in [9.17, 15) is 9.18 Å². The predicted octanol–water partition coefficient (Wildman–Crippen LogP) is 4.65. The summed E-state index contributed by atoms with van der Waals surface area (Å²) in [6.45, 7) is 5.40. The minimum atomic E-state index is -0.294. The fourth-order valence-electron chi connectivity index (χ4n) is 3.03. The number of halogens is 1. The summed E-state index contributed by atoms with van der Waals surface area (Å²) in [4.78, 5) is 21.7. The number of thiazole rings is 1. The van der Waals surface area contributed by atoms with Gasteiger partial charge in [-0.05, 0) is 70.7 Å². The number of amides is 1. The van der Waals surface area contributed by atoms with E-state index >= 15 is 0 Å². The molecule has 0 saturated heterocycles. The Kier molecular flexibility index (Phi) is 5.87. The van der Waals surface area contributed by atoms with E-state index in [-0.39, 0.29) is 11.7 Å². The smallest absolute Gasteiger partial charge is 0.260 e. The van der Waals surface area contributed by atoms with E-state index < -0.39 is 0 Å². The molecule has 27 heavy (non-hydrogen) atoms. The number of aromatic nitrogens is 1. The Morgan fingerprint density at radius 3 is 2.59 bits per heavy atom. The number of aryl methyl sites for hydroxylation is 2. The molecule has 4 nitrogen and oxygen atoms in total. The van der Waals surface area contributed by atoms with Crippen LogP contribution < -0.4 is 4.90 Å². The van der Waals surface area contributed by atoms with Crippen molar-refractivity contribution in [3.8, 4) is 0 Å². The molecule has 6 heteroatoms. The van der Waals surface area contributed by atoms with Gasteiger partial charge < -0.3 is 4.90 Å². The number of hydrogen-bond donors (Lipinski definition) is 0. The van der Waals surface area contributed by atoms with Crippen LogP contribution in [0.2, 0.25) is 0 Å². The summed E-state index contributed by atoms with van der Waals surface area (Å²) in [5.41, 5.74) is 3.46. The summed E-state index contributed by atoms with van der Waals surface area (Å²) in [6, 6.07) is 10.4. The topological polar surface area (TPSA) is 36.4 Å². The molecule has 0 saturated carbocycles. The molecule has 3 aromatic rings. The summed E-state index contributed by atoms with van der Waals surface area (Å²) in [5.74, 6) is -0.358. The fourth-order valence-corrected chi connectivity index (χ4v) is 4.04. The monoisotopic (exact) mass is 385 g/mol. The lowest BCUT2D eigenvalue weighted by atomic mass is 10.0. The van der Waals surface area contributed by atoms with Crippen LogP contribution in [0.3, 0.4) is 0 Å². The standard InChI is InChI=1S/C21H24FN3OS/c1-14-6-8-17(15(2)12-14)20(26)25(11-5-10-24(3)4)21-23-18-9-7-16(22)13-19(18)27-21/h6-9,12-13H,5,10-11H2,1-4H3. The molecule has 0 aliphatic heterocycles. The predicted molar refractivity (Wildman–Crippen MR) is 110 cm³/mol. The molecule has 3 rings (SSSR count). The van der Waals surface area contributed by atoms with Crippen LogP contribution in [0, 0.1) is 19.7 Å². The average molecular weight is 386 g/mol. The van der Waals surface area contributed by atoms with Crippen molar-refractivity contribution in [2.75, 3.05) is 32.1 Å². The molecule has 0 aliphatic carbocycles. The Morgan fingerprint density at radius 1 is 1.11 bits per heavy atom. The molecule has 1 heterocycles. The van der Waals surface area contributed by atoms with Gasteiger partial charge in [-0.25, -0.2) is 9.37 Å². The molecule has 0 aliphatic rings. The molecular weight excluding hydrogens is 361 g/mol. The van der Waals surface area contributed by atoms with Crippen molar-refractivity contribution < 1.29 is 9.18 Å². The largest absolute Gasteiger partial charge is 0.309 e. The van der Waals surface area contributed by atoms with Gasteiger partial charge in [-0.15, -0.1) is 0 Å². The van der Waals surface area contributed by atoms with Gasteiger partial charge in [0.05, 0.1) is 10.2 Å². The summed E-state index contributed by atoms with van der Waals surface area (Å²) in [7, 11) is 4.02. The molecular formula is C21H24FN3OS. The third-order valence-electron chi connectivity index (χ3n) is 4.41. The third-order valence-corrected chi connectivity index (χ3v) is 5.46. The van der Waals surface area contributed by atoms with Gasteiger partial charge >= 0.3 is 0 Å². The molecule has 1 amide bonds. The summed E-state index contributed by atoms with van der Waals surface area (Å²) >= 11 is 1.35. The van der Waals surface area contributed by atoms with Crippen LogP contribution in [0.15, 0.2) is 36.4 Å². The van der Waals surface area contributed by atoms with Crippen LogP contribution in [0.1, 0.15) is 27.9 Å². The second-order valence-corrected chi connectivity index (χ2v) is 8.05. The lowest BCUT2D eigenvalue weighted by Gasteiger charge is -2.22. The highest BCUT2D eigenvalue weighted by Crippen LogP contribution is 2.31. The molecule has 0 N–H and O–H groups in total. The van der Waals surface area contributed by atoms with E-state index in [1.54, 1.807) is 11.0 Å². The SMILES string of the molecule is Cc1ccc(C(=O)N(CCCN(C)C)c2nc3ccc(F)cc3s2)c(C)c1. The molecule has 142 valence electrons. The van der Waals surface area contributed by atoms with Crippen molar-refractivity contribution in [3.05, 3.63) is 58.9 Å². The van der Waals surface area contributed by atoms with Gasteiger partial charge in [-0.2, -0.15) is 0 Å². The van der Waals surface area contributed by atoms with Gasteiger partial charge in [0.2, 0.25) is 0 Å². The van der Waals surface area contributed by atoms with Crippen LogP contribution in [0.25, 0.3) is 10.2 Å². The van der Waals surface area contributed by atoms with Gasteiger partial charge in [-0.1, -0.05) is 29.0 Å². The van der Waals surface area contributed by atoms with Gasteiger partial charge in [0.1, 0.15) is 5.82 Å². The number of benzene rings is 2. The Balaban J connectivity index is 1.97. The number of carbonyl (C=O) groups excluding carboxylic acids is 1. The van der Waals surface area contributed by atoms with Gasteiger partial charge in [-0.3, -0.25) is 9.69 Å². The van der Waals surface area contributed by atoms with Gasteiger partial charge in [0, 0.05) is 12.1 Å². The van der Waals surface area contributed by atoms with Crippen molar-refractivity contribution in [1.29, 1.82) is 0 Å². The second kappa shape index (κ2) is 8.15. The zero-order chi connectivity index (χ0) is 19.6. The maximum Gasteiger partial charge on any atom is 0.260 e. The van der Waals surface area contributed by atoms with Crippen LogP contribution in [0.4, 0.5) is 9.52 Å². The number of anilines is 1. The molecule has 0 fully saturated rings. The van der Waals surface area contributed by atoms with E-state index in [0.717, 1.165) is 28.8 Å². The highest BCUT2D eigenvalue weighted by molar-refractivity contribution is 7.22. The van der Waals surface area contributed by atoms with Crippen LogP contribution in [-0.4, -0.2) is 43.0 Å². The summed E-state index contributed by atoms with van der Waals surface area (Å²) in [5, 5.41) is 0.610. The molecule has 0 radical (unpaired) electrons. The average Bonchev–Trinajstić information content (AvgIpc) is 3.00.